The van der Waals surface area contributed by atoms with E-state index in [2.05, 4.69) is 20.6 Å². The van der Waals surface area contributed by atoms with Gasteiger partial charge in [0, 0.05) is 30.2 Å². The SMILES string of the molecule is Cc1cc(C)c(CNC(=O)NCc2ccncc2)c(=O)[nH]1. The first-order chi connectivity index (χ1) is 10.1. The van der Waals surface area contributed by atoms with E-state index in [4.69, 9.17) is 0 Å². The molecule has 0 spiro atoms. The molecule has 0 atom stereocenters. The molecule has 6 heteroatoms. The van der Waals surface area contributed by atoms with Gasteiger partial charge in [-0.15, -0.1) is 0 Å². The van der Waals surface area contributed by atoms with Gasteiger partial charge in [-0.25, -0.2) is 4.79 Å². The number of hydrogen-bond donors (Lipinski definition) is 3. The molecule has 2 aromatic rings. The molecule has 2 amide bonds. The number of nitrogens with one attached hydrogen (secondary N) is 3. The Hall–Kier alpha value is -2.63. The molecular weight excluding hydrogens is 268 g/mol. The van der Waals surface area contributed by atoms with E-state index in [-0.39, 0.29) is 18.1 Å². The van der Waals surface area contributed by atoms with Gasteiger partial charge in [-0.1, -0.05) is 0 Å². The second-order valence-corrected chi connectivity index (χ2v) is 4.83. The molecular formula is C15H18N4O2. The lowest BCUT2D eigenvalue weighted by Gasteiger charge is -2.09. The van der Waals surface area contributed by atoms with Gasteiger partial charge in [0.05, 0.1) is 6.54 Å². The third-order valence-electron chi connectivity index (χ3n) is 3.12. The van der Waals surface area contributed by atoms with Gasteiger partial charge in [-0.3, -0.25) is 9.78 Å². The zero-order valence-electron chi connectivity index (χ0n) is 12.1. The second-order valence-electron chi connectivity index (χ2n) is 4.83. The summed E-state index contributed by atoms with van der Waals surface area (Å²) >= 11 is 0. The van der Waals surface area contributed by atoms with Crippen LogP contribution in [0, 0.1) is 13.8 Å². The van der Waals surface area contributed by atoms with E-state index >= 15 is 0 Å². The van der Waals surface area contributed by atoms with Crippen molar-refractivity contribution < 1.29 is 4.79 Å². The lowest BCUT2D eigenvalue weighted by molar-refractivity contribution is 0.240. The average Bonchev–Trinajstić information content (AvgIpc) is 2.45. The molecule has 0 aliphatic heterocycles. The Morgan fingerprint density at radius 1 is 1.19 bits per heavy atom. The van der Waals surface area contributed by atoms with E-state index < -0.39 is 0 Å². The van der Waals surface area contributed by atoms with Crippen LogP contribution in [0.4, 0.5) is 4.79 Å². The first kappa shape index (κ1) is 14.8. The Morgan fingerprint density at radius 2 is 1.86 bits per heavy atom. The molecule has 0 aromatic carbocycles. The Kier molecular flexibility index (Phi) is 4.71. The van der Waals surface area contributed by atoms with Crippen LogP contribution in [0.15, 0.2) is 35.4 Å². The minimum Gasteiger partial charge on any atom is -0.334 e. The third-order valence-corrected chi connectivity index (χ3v) is 3.12. The van der Waals surface area contributed by atoms with Crippen LogP contribution < -0.4 is 16.2 Å². The largest absolute Gasteiger partial charge is 0.334 e. The highest BCUT2D eigenvalue weighted by molar-refractivity contribution is 5.73. The summed E-state index contributed by atoms with van der Waals surface area (Å²) in [5.41, 5.74) is 3.04. The number of H-pyrrole nitrogens is 1. The number of aromatic nitrogens is 2. The van der Waals surface area contributed by atoms with Crippen LogP contribution in [0.2, 0.25) is 0 Å². The van der Waals surface area contributed by atoms with E-state index in [9.17, 15) is 9.59 Å². The summed E-state index contributed by atoms with van der Waals surface area (Å²) < 4.78 is 0. The van der Waals surface area contributed by atoms with Crippen LogP contribution in [0.3, 0.4) is 0 Å². The molecule has 0 aliphatic rings. The number of aromatic amines is 1. The Labute approximate surface area is 122 Å². The average molecular weight is 286 g/mol. The third kappa shape index (κ3) is 4.17. The van der Waals surface area contributed by atoms with E-state index in [1.807, 2.05) is 32.0 Å². The van der Waals surface area contributed by atoms with Crippen molar-refractivity contribution in [1.82, 2.24) is 20.6 Å². The van der Waals surface area contributed by atoms with Crippen molar-refractivity contribution in [3.63, 3.8) is 0 Å². The topological polar surface area (TPSA) is 86.9 Å². The number of nitrogens with zero attached hydrogens (tertiary/aromatic N) is 1. The molecule has 0 fully saturated rings. The first-order valence-corrected chi connectivity index (χ1v) is 6.66. The van der Waals surface area contributed by atoms with Crippen molar-refractivity contribution in [2.24, 2.45) is 0 Å². The van der Waals surface area contributed by atoms with E-state index in [1.165, 1.54) is 0 Å². The molecule has 0 bridgehead atoms. The molecule has 2 aromatic heterocycles. The number of carbonyl (C=O) groups excluding carboxylic acids is 1. The highest BCUT2D eigenvalue weighted by atomic mass is 16.2. The van der Waals surface area contributed by atoms with Crippen molar-refractivity contribution in [1.29, 1.82) is 0 Å². The van der Waals surface area contributed by atoms with E-state index in [1.54, 1.807) is 12.4 Å². The maximum Gasteiger partial charge on any atom is 0.315 e. The highest BCUT2D eigenvalue weighted by Gasteiger charge is 2.07. The van der Waals surface area contributed by atoms with Crippen LogP contribution in [0.25, 0.3) is 0 Å². The minimum absolute atomic E-state index is 0.165. The maximum absolute atomic E-state index is 11.8. The normalized spacial score (nSPS) is 10.2. The number of urea groups is 1. The molecule has 0 radical (unpaired) electrons. The van der Waals surface area contributed by atoms with Gasteiger partial charge in [0.1, 0.15) is 0 Å². The molecule has 0 saturated heterocycles. The summed E-state index contributed by atoms with van der Waals surface area (Å²) in [6.45, 7) is 4.29. The lowest BCUT2D eigenvalue weighted by Crippen LogP contribution is -2.36. The van der Waals surface area contributed by atoms with Crippen molar-refractivity contribution in [3.05, 3.63) is 63.3 Å². The van der Waals surface area contributed by atoms with Gasteiger partial charge in [-0.2, -0.15) is 0 Å². The number of pyridine rings is 2. The Morgan fingerprint density at radius 3 is 2.52 bits per heavy atom. The van der Waals surface area contributed by atoms with Crippen LogP contribution in [0.1, 0.15) is 22.4 Å². The number of aryl methyl sites for hydroxylation is 2. The summed E-state index contributed by atoms with van der Waals surface area (Å²) in [6, 6.07) is 5.23. The Bertz CT molecular complexity index is 680. The fourth-order valence-corrected chi connectivity index (χ4v) is 2.02. The lowest BCUT2D eigenvalue weighted by atomic mass is 10.1. The monoisotopic (exact) mass is 286 g/mol. The highest BCUT2D eigenvalue weighted by Crippen LogP contribution is 2.02. The number of rotatable bonds is 4. The molecule has 110 valence electrons. The molecule has 2 heterocycles. The minimum atomic E-state index is -0.314. The molecule has 0 unspecified atom stereocenters. The zero-order valence-corrected chi connectivity index (χ0v) is 12.1. The molecule has 0 aliphatic carbocycles. The van der Waals surface area contributed by atoms with Crippen LogP contribution in [-0.2, 0) is 13.1 Å². The maximum atomic E-state index is 11.8. The van der Waals surface area contributed by atoms with Crippen LogP contribution >= 0.6 is 0 Å². The van der Waals surface area contributed by atoms with Crippen molar-refractivity contribution in [3.8, 4) is 0 Å². The smallest absolute Gasteiger partial charge is 0.315 e. The standard InChI is InChI=1S/C15H18N4O2/c1-10-7-11(2)19-14(20)13(10)9-18-15(21)17-8-12-3-5-16-6-4-12/h3-7H,8-9H2,1-2H3,(H,19,20)(H2,17,18,21). The molecule has 6 nitrogen and oxygen atoms in total. The summed E-state index contributed by atoms with van der Waals surface area (Å²) in [5, 5.41) is 5.41. The second kappa shape index (κ2) is 6.69. The quantitative estimate of drug-likeness (QED) is 0.793. The van der Waals surface area contributed by atoms with Crippen molar-refractivity contribution in [2.45, 2.75) is 26.9 Å². The van der Waals surface area contributed by atoms with Gasteiger partial charge in [0.25, 0.3) is 5.56 Å². The van der Waals surface area contributed by atoms with Crippen molar-refractivity contribution >= 4 is 6.03 Å². The van der Waals surface area contributed by atoms with Gasteiger partial charge in [-0.05, 0) is 43.2 Å². The van der Waals surface area contributed by atoms with Gasteiger partial charge in [0.15, 0.2) is 0 Å². The predicted octanol–water partition coefficient (Wildman–Crippen LogP) is 1.39. The van der Waals surface area contributed by atoms with Gasteiger partial charge >= 0.3 is 6.03 Å². The summed E-state index contributed by atoms with van der Waals surface area (Å²) in [6.07, 6.45) is 3.34. The number of carbonyl (C=O) groups is 1. The van der Waals surface area contributed by atoms with Gasteiger partial charge < -0.3 is 15.6 Å². The fourth-order valence-electron chi connectivity index (χ4n) is 2.02. The summed E-state index contributed by atoms with van der Waals surface area (Å²) in [4.78, 5) is 30.2. The molecule has 21 heavy (non-hydrogen) atoms. The zero-order chi connectivity index (χ0) is 15.2. The van der Waals surface area contributed by atoms with Crippen molar-refractivity contribution in [2.75, 3.05) is 0 Å². The van der Waals surface area contributed by atoms with Crippen LogP contribution in [-0.4, -0.2) is 16.0 Å². The predicted molar refractivity (Wildman–Crippen MR) is 79.8 cm³/mol. The summed E-state index contributed by atoms with van der Waals surface area (Å²) in [7, 11) is 0. The summed E-state index contributed by atoms with van der Waals surface area (Å²) in [5.74, 6) is 0. The molecule has 2 rings (SSSR count). The van der Waals surface area contributed by atoms with E-state index in [0.717, 1.165) is 16.8 Å². The van der Waals surface area contributed by atoms with E-state index in [0.29, 0.717) is 12.1 Å². The van der Waals surface area contributed by atoms with Crippen LogP contribution in [0.5, 0.6) is 0 Å². The number of hydrogen-bond acceptors (Lipinski definition) is 3. The number of amides is 2. The first-order valence-electron chi connectivity index (χ1n) is 6.66. The fraction of sp³-hybridized carbons (Fsp3) is 0.267. The molecule has 0 saturated carbocycles. The van der Waals surface area contributed by atoms with Gasteiger partial charge in [0.2, 0.25) is 0 Å². The Balaban J connectivity index is 1.89. The molecule has 3 N–H and O–H groups in total.